The molecule has 2 spiro atoms. The first-order valence-electron chi connectivity index (χ1n) is 43.5. The number of hydrogen-bond acceptors (Lipinski definition) is 2. The molecule has 2 nitrogen and oxygen atoms in total. The molecule has 562 valence electrons. The summed E-state index contributed by atoms with van der Waals surface area (Å²) in [4.78, 5) is 5.03. The van der Waals surface area contributed by atoms with Gasteiger partial charge in [0.25, 0.3) is 0 Å². The van der Waals surface area contributed by atoms with Gasteiger partial charge in [-0.15, -0.1) is 0 Å². The van der Waals surface area contributed by atoms with Crippen LogP contribution in [0, 0.1) is 47.3 Å². The summed E-state index contributed by atoms with van der Waals surface area (Å²) in [5.41, 5.74) is 40.6. The molecule has 27 rings (SSSR count). The molecule has 8 bridgehead atoms. The fraction of sp³-hybridized carbons (Fsp3) is 0.228. The van der Waals surface area contributed by atoms with Crippen LogP contribution in [0.25, 0.3) is 99.8 Å². The van der Waals surface area contributed by atoms with E-state index in [1.165, 1.54) is 209 Å². The molecule has 0 amide bonds. The van der Waals surface area contributed by atoms with Crippen LogP contribution in [0.15, 0.2) is 340 Å². The highest BCUT2D eigenvalue weighted by Crippen LogP contribution is 2.72. The molecule has 0 unspecified atom stereocenters. The highest BCUT2D eigenvalue weighted by Gasteiger charge is 2.63. The van der Waals surface area contributed by atoms with Gasteiger partial charge < -0.3 is 9.80 Å². The smallest absolute Gasteiger partial charge is 0.0540 e. The topological polar surface area (TPSA) is 6.48 Å². The summed E-state index contributed by atoms with van der Waals surface area (Å²) in [6.45, 7) is 9.58. The van der Waals surface area contributed by atoms with Gasteiger partial charge in [-0.25, -0.2) is 0 Å². The Morgan fingerprint density at radius 3 is 0.974 bits per heavy atom. The number of rotatable bonds is 10. The van der Waals surface area contributed by atoms with E-state index in [0.29, 0.717) is 0 Å². The van der Waals surface area contributed by atoms with Crippen molar-refractivity contribution < 1.29 is 0 Å². The molecule has 0 aromatic heterocycles. The molecule has 0 saturated heterocycles. The van der Waals surface area contributed by atoms with E-state index in [1.54, 1.807) is 22.3 Å². The van der Waals surface area contributed by atoms with Gasteiger partial charge in [0.1, 0.15) is 0 Å². The monoisotopic (exact) mass is 1490 g/mol. The van der Waals surface area contributed by atoms with Crippen LogP contribution in [0.2, 0.25) is 0 Å². The van der Waals surface area contributed by atoms with Gasteiger partial charge in [-0.3, -0.25) is 0 Å². The van der Waals surface area contributed by atoms with Gasteiger partial charge in [-0.1, -0.05) is 301 Å². The van der Waals surface area contributed by atoms with Crippen molar-refractivity contribution in [2.75, 3.05) is 9.80 Å². The Balaban J connectivity index is 0.000000134. The third-order valence-corrected chi connectivity index (χ3v) is 31.1. The highest BCUT2D eigenvalue weighted by atomic mass is 15.2. The van der Waals surface area contributed by atoms with E-state index in [4.69, 9.17) is 0 Å². The number of hydrogen-bond donors (Lipinski definition) is 0. The fourth-order valence-electron chi connectivity index (χ4n) is 26.9. The van der Waals surface area contributed by atoms with E-state index in [9.17, 15) is 0 Å². The molecule has 12 aliphatic carbocycles. The van der Waals surface area contributed by atoms with Crippen LogP contribution in [0.5, 0.6) is 0 Å². The molecule has 8 saturated carbocycles. The molecule has 116 heavy (non-hydrogen) atoms. The fourth-order valence-corrected chi connectivity index (χ4v) is 26.9. The molecule has 0 N–H and O–H groups in total. The predicted octanol–water partition coefficient (Wildman–Crippen LogP) is 30.2. The van der Waals surface area contributed by atoms with Gasteiger partial charge in [0, 0.05) is 44.1 Å². The van der Waals surface area contributed by atoms with Gasteiger partial charge >= 0.3 is 0 Å². The minimum absolute atomic E-state index is 0.139. The molecule has 0 aliphatic heterocycles. The maximum Gasteiger partial charge on any atom is 0.0540 e. The molecule has 15 aromatic carbocycles. The largest absolute Gasteiger partial charge is 0.310 e. The number of benzene rings is 15. The maximum atomic E-state index is 2.57. The Kier molecular flexibility index (Phi) is 15.3. The molecule has 12 aliphatic rings. The normalized spacial score (nSPS) is 23.7. The molecule has 8 fully saturated rings. The van der Waals surface area contributed by atoms with Gasteiger partial charge in [0.05, 0.1) is 17.1 Å². The lowest BCUT2D eigenvalue weighted by Gasteiger charge is -2.61. The van der Waals surface area contributed by atoms with Crippen molar-refractivity contribution in [2.24, 2.45) is 47.3 Å². The van der Waals surface area contributed by atoms with E-state index in [1.807, 2.05) is 0 Å². The summed E-state index contributed by atoms with van der Waals surface area (Å²) in [7, 11) is 0. The zero-order valence-corrected chi connectivity index (χ0v) is 66.9. The molecular weight excluding hydrogens is 1400 g/mol. The number of fused-ring (bicyclic) bond motifs is 13. The van der Waals surface area contributed by atoms with Crippen molar-refractivity contribution in [3.63, 3.8) is 0 Å². The van der Waals surface area contributed by atoms with Crippen molar-refractivity contribution in [3.8, 4) is 89.0 Å². The summed E-state index contributed by atoms with van der Waals surface area (Å²) in [5.74, 6) is 6.91. The summed E-state index contributed by atoms with van der Waals surface area (Å²) in [6, 6.07) is 129. The highest BCUT2D eigenvalue weighted by molar-refractivity contribution is 6.08. The standard InChI is InChI=1S/C59H49N.C55H47N/c1-58(2)52-20-10-8-16-47(52)50-19-12-22-56(57(50)58)60(44-26-23-40(24-27-44)39-13-4-3-5-14-39)55-30-28-45(46-15-6-7-18-49(46)55)41-25-29-54-51(36-41)48-17-9-11-21-53(48)59(54)42-32-37-31-38(34-42)35-43(59)33-37;1-54(2)49-16-8-6-13-45(49)47-15-10-18-52(53(47)54)56(43-24-19-38(20-25-43)37-11-4-3-5-12-37)44-26-21-39(22-27-44)40-23-28-51-48(34-40)46-14-7-9-17-50(46)55(51)41-30-35-29-36(32-41)33-42(55)31-35/h3-30,36-38,42-43H,31-35H2,1-2H3;3-28,34-36,41-42H,29-33H2,1-2H3. The lowest BCUT2D eigenvalue weighted by molar-refractivity contribution is -0.0399. The van der Waals surface area contributed by atoms with Gasteiger partial charge in [0.2, 0.25) is 0 Å². The second-order valence-corrected chi connectivity index (χ2v) is 37.4. The Hall–Kier alpha value is -11.8. The molecule has 0 atom stereocenters. The summed E-state index contributed by atoms with van der Waals surface area (Å²) >= 11 is 0. The van der Waals surface area contributed by atoms with Crippen molar-refractivity contribution in [3.05, 3.63) is 384 Å². The van der Waals surface area contributed by atoms with Crippen molar-refractivity contribution in [2.45, 2.75) is 114 Å². The van der Waals surface area contributed by atoms with Crippen LogP contribution in [0.1, 0.15) is 136 Å². The third-order valence-electron chi connectivity index (χ3n) is 31.1. The van der Waals surface area contributed by atoms with Crippen LogP contribution in [0.3, 0.4) is 0 Å². The van der Waals surface area contributed by atoms with Gasteiger partial charge in [0.15, 0.2) is 0 Å². The van der Waals surface area contributed by atoms with E-state index in [-0.39, 0.29) is 21.7 Å². The van der Waals surface area contributed by atoms with Crippen LogP contribution in [0.4, 0.5) is 34.1 Å². The number of anilines is 6. The van der Waals surface area contributed by atoms with E-state index in [2.05, 4.69) is 377 Å². The van der Waals surface area contributed by atoms with Crippen molar-refractivity contribution in [1.29, 1.82) is 0 Å². The second kappa shape index (κ2) is 25.8. The Labute approximate surface area is 684 Å². The van der Waals surface area contributed by atoms with Gasteiger partial charge in [-0.05, 0) is 317 Å². The van der Waals surface area contributed by atoms with Gasteiger partial charge in [-0.2, -0.15) is 0 Å². The van der Waals surface area contributed by atoms with Crippen molar-refractivity contribution in [1.82, 2.24) is 0 Å². The van der Waals surface area contributed by atoms with Crippen molar-refractivity contribution >= 4 is 44.9 Å². The van der Waals surface area contributed by atoms with Crippen LogP contribution >= 0.6 is 0 Å². The molecule has 0 radical (unpaired) electrons. The first-order valence-corrected chi connectivity index (χ1v) is 43.5. The Morgan fingerprint density at radius 1 is 0.207 bits per heavy atom. The average molecular weight is 1490 g/mol. The van der Waals surface area contributed by atoms with Crippen LogP contribution in [-0.2, 0) is 21.7 Å². The SMILES string of the molecule is CC1(C)c2ccccc2-c2cccc(N(c3ccc(-c4ccccc4)cc3)c3ccc(-c4ccc5c(c4)-c4ccccc4C54C5CC6CC(C5)CC4C6)c4ccccc34)c21.CC1(C)c2ccccc2-c2cccc(N(c3ccc(-c4ccccc4)cc3)c3ccc(-c4ccc5c(c4)-c4ccccc4C54C5CC6CC(C5)CC4C6)cc3)c21. The average Bonchev–Trinajstić information content (AvgIpc) is 1.49. The number of nitrogens with zero attached hydrogens (tertiary/aromatic N) is 2. The van der Waals surface area contributed by atoms with E-state index in [0.717, 1.165) is 58.7 Å². The Morgan fingerprint density at radius 2 is 0.526 bits per heavy atom. The minimum atomic E-state index is -0.171. The summed E-state index contributed by atoms with van der Waals surface area (Å²) in [6.07, 6.45) is 14.3. The van der Waals surface area contributed by atoms with Crippen LogP contribution in [-0.4, -0.2) is 0 Å². The first-order chi connectivity index (χ1) is 57.0. The van der Waals surface area contributed by atoms with Crippen LogP contribution < -0.4 is 9.80 Å². The molecule has 15 aromatic rings. The van der Waals surface area contributed by atoms with E-state index >= 15 is 0 Å². The summed E-state index contributed by atoms with van der Waals surface area (Å²) in [5, 5.41) is 2.54. The molecular formula is C114H96N2. The quantitative estimate of drug-likeness (QED) is 0.135. The van der Waals surface area contributed by atoms with E-state index < -0.39 is 0 Å². The first kappa shape index (κ1) is 68.6. The summed E-state index contributed by atoms with van der Waals surface area (Å²) < 4.78 is 0. The maximum absolute atomic E-state index is 2.57. The zero-order valence-electron chi connectivity index (χ0n) is 66.9. The predicted molar refractivity (Wildman–Crippen MR) is 483 cm³/mol. The second-order valence-electron chi connectivity index (χ2n) is 37.4. The molecule has 2 heteroatoms. The third kappa shape index (κ3) is 9.95. The zero-order chi connectivity index (χ0) is 76.9. The minimum Gasteiger partial charge on any atom is -0.310 e. The molecule has 0 heterocycles. The lowest BCUT2D eigenvalue weighted by Crippen LogP contribution is -2.55. The lowest BCUT2D eigenvalue weighted by atomic mass is 9.43. The Bertz CT molecular complexity index is 6420.